The predicted octanol–water partition coefficient (Wildman–Crippen LogP) is 3.12. The molecule has 1 aromatic heterocycles. The molecule has 0 radical (unpaired) electrons. The van der Waals surface area contributed by atoms with Crippen LogP contribution in [0.15, 0.2) is 53.3 Å². The summed E-state index contributed by atoms with van der Waals surface area (Å²) in [5, 5.41) is 13.0. The number of halogens is 1. The monoisotopic (exact) mass is 453 g/mol. The van der Waals surface area contributed by atoms with Gasteiger partial charge in [0.25, 0.3) is 11.5 Å². The Kier molecular flexibility index (Phi) is 7.29. The minimum atomic E-state index is -0.604. The molecule has 0 saturated carbocycles. The van der Waals surface area contributed by atoms with Crippen molar-refractivity contribution in [2.75, 3.05) is 11.9 Å². The van der Waals surface area contributed by atoms with E-state index in [1.165, 1.54) is 4.57 Å². The highest BCUT2D eigenvalue weighted by Crippen LogP contribution is 2.24. The Bertz CT molecular complexity index is 1340. The SMILES string of the molecule is CCOc1ccccc1NC(=O)/C(C#N)=c1\s/c(=C\c2cccc(Cl)c2)c(=O)n1CC. The number of hydrogen-bond donors (Lipinski definition) is 1. The Balaban J connectivity index is 2.12. The number of rotatable bonds is 6. The summed E-state index contributed by atoms with van der Waals surface area (Å²) in [6, 6.07) is 16.0. The van der Waals surface area contributed by atoms with E-state index < -0.39 is 5.91 Å². The first-order valence-electron chi connectivity index (χ1n) is 9.63. The Hall–Kier alpha value is -3.34. The summed E-state index contributed by atoms with van der Waals surface area (Å²) >= 11 is 7.13. The van der Waals surface area contributed by atoms with E-state index in [4.69, 9.17) is 16.3 Å². The summed E-state index contributed by atoms with van der Waals surface area (Å²) in [4.78, 5) is 25.8. The van der Waals surface area contributed by atoms with Gasteiger partial charge in [-0.15, -0.1) is 11.3 Å². The quantitative estimate of drug-likeness (QED) is 0.621. The van der Waals surface area contributed by atoms with Crippen LogP contribution in [-0.2, 0) is 11.3 Å². The van der Waals surface area contributed by atoms with Gasteiger partial charge in [0.1, 0.15) is 16.5 Å². The highest BCUT2D eigenvalue weighted by Gasteiger charge is 2.17. The smallest absolute Gasteiger partial charge is 0.269 e. The van der Waals surface area contributed by atoms with Gasteiger partial charge in [-0.1, -0.05) is 35.9 Å². The van der Waals surface area contributed by atoms with Gasteiger partial charge in [0.15, 0.2) is 5.57 Å². The van der Waals surface area contributed by atoms with Crippen molar-refractivity contribution in [3.63, 3.8) is 0 Å². The van der Waals surface area contributed by atoms with Crippen LogP contribution in [0.4, 0.5) is 5.69 Å². The van der Waals surface area contributed by atoms with Gasteiger partial charge in [-0.25, -0.2) is 0 Å². The normalized spacial score (nSPS) is 12.3. The number of aromatic nitrogens is 1. The van der Waals surface area contributed by atoms with Crippen LogP contribution in [0, 0.1) is 11.3 Å². The number of carbonyl (C=O) groups excluding carboxylic acids is 1. The van der Waals surface area contributed by atoms with Gasteiger partial charge < -0.3 is 10.1 Å². The number of nitriles is 1. The van der Waals surface area contributed by atoms with Gasteiger partial charge in [0.2, 0.25) is 0 Å². The summed E-state index contributed by atoms with van der Waals surface area (Å²) < 4.78 is 7.66. The highest BCUT2D eigenvalue weighted by atomic mass is 35.5. The number of carbonyl (C=O) groups is 1. The molecule has 3 rings (SSSR count). The molecular weight excluding hydrogens is 434 g/mol. The van der Waals surface area contributed by atoms with Crippen molar-refractivity contribution >= 4 is 46.2 Å². The molecule has 0 bridgehead atoms. The molecule has 0 saturated heterocycles. The molecule has 0 atom stereocenters. The van der Waals surface area contributed by atoms with Crippen LogP contribution >= 0.6 is 22.9 Å². The van der Waals surface area contributed by atoms with Crippen LogP contribution in [0.2, 0.25) is 5.02 Å². The van der Waals surface area contributed by atoms with Crippen LogP contribution in [0.25, 0.3) is 11.6 Å². The number of amides is 1. The van der Waals surface area contributed by atoms with E-state index in [0.717, 1.165) is 16.9 Å². The van der Waals surface area contributed by atoms with Gasteiger partial charge in [-0.3, -0.25) is 14.2 Å². The molecule has 6 nitrogen and oxygen atoms in total. The van der Waals surface area contributed by atoms with Gasteiger partial charge in [0, 0.05) is 11.6 Å². The molecule has 158 valence electrons. The summed E-state index contributed by atoms with van der Waals surface area (Å²) in [5.74, 6) is -0.0999. The molecule has 8 heteroatoms. The first-order chi connectivity index (χ1) is 15.0. The fraction of sp³-hybridized carbons (Fsp3) is 0.174. The number of anilines is 1. The molecule has 0 spiro atoms. The number of nitrogens with zero attached hydrogens (tertiary/aromatic N) is 2. The van der Waals surface area contributed by atoms with Gasteiger partial charge in [-0.2, -0.15) is 5.26 Å². The minimum absolute atomic E-state index is 0.138. The van der Waals surface area contributed by atoms with Crippen molar-refractivity contribution < 1.29 is 9.53 Å². The van der Waals surface area contributed by atoms with Crippen molar-refractivity contribution in [2.45, 2.75) is 20.4 Å². The first kappa shape index (κ1) is 22.3. The van der Waals surface area contributed by atoms with Gasteiger partial charge >= 0.3 is 0 Å². The fourth-order valence-electron chi connectivity index (χ4n) is 2.97. The van der Waals surface area contributed by atoms with Crippen molar-refractivity contribution in [1.29, 1.82) is 5.26 Å². The molecule has 1 amide bonds. The Morgan fingerprint density at radius 3 is 2.71 bits per heavy atom. The van der Waals surface area contributed by atoms with E-state index >= 15 is 0 Å². The zero-order chi connectivity index (χ0) is 22.4. The zero-order valence-corrected chi connectivity index (χ0v) is 18.6. The lowest BCUT2D eigenvalue weighted by Gasteiger charge is -2.10. The molecule has 0 unspecified atom stereocenters. The second-order valence-corrected chi connectivity index (χ2v) is 7.86. The molecule has 0 aliphatic rings. The van der Waals surface area contributed by atoms with E-state index in [1.54, 1.807) is 55.5 Å². The van der Waals surface area contributed by atoms with Crippen LogP contribution in [-0.4, -0.2) is 17.1 Å². The third-order valence-electron chi connectivity index (χ3n) is 4.36. The van der Waals surface area contributed by atoms with E-state index in [-0.39, 0.29) is 11.1 Å². The molecule has 1 heterocycles. The second-order valence-electron chi connectivity index (χ2n) is 6.39. The number of nitrogens with one attached hydrogen (secondary N) is 1. The molecule has 3 aromatic rings. The van der Waals surface area contributed by atoms with Crippen LogP contribution in [0.5, 0.6) is 5.75 Å². The highest BCUT2D eigenvalue weighted by molar-refractivity contribution is 7.07. The average Bonchev–Trinajstić information content (AvgIpc) is 3.05. The summed E-state index contributed by atoms with van der Waals surface area (Å²) in [5.41, 5.74) is 0.808. The maximum Gasteiger partial charge on any atom is 0.269 e. The molecule has 0 aliphatic heterocycles. The minimum Gasteiger partial charge on any atom is -0.492 e. The maximum atomic E-state index is 12.9. The first-order valence-corrected chi connectivity index (χ1v) is 10.8. The third kappa shape index (κ3) is 5.05. The van der Waals surface area contributed by atoms with Crippen LogP contribution in [0.1, 0.15) is 19.4 Å². The maximum absolute atomic E-state index is 12.9. The van der Waals surface area contributed by atoms with Crippen molar-refractivity contribution in [3.05, 3.63) is 78.7 Å². The van der Waals surface area contributed by atoms with E-state index in [9.17, 15) is 14.9 Å². The number of hydrogen-bond acceptors (Lipinski definition) is 5. The zero-order valence-electron chi connectivity index (χ0n) is 17.0. The second kappa shape index (κ2) is 10.1. The molecule has 2 aromatic carbocycles. The Morgan fingerprint density at radius 1 is 1.26 bits per heavy atom. The summed E-state index contributed by atoms with van der Waals surface area (Å²) in [7, 11) is 0. The average molecular weight is 454 g/mol. The number of thiazole rings is 1. The lowest BCUT2D eigenvalue weighted by atomic mass is 10.2. The Labute approximate surface area is 188 Å². The molecule has 0 fully saturated rings. The number of ether oxygens (including phenoxy) is 1. The van der Waals surface area contributed by atoms with E-state index in [1.807, 2.05) is 19.1 Å². The number of benzene rings is 2. The number of para-hydroxylation sites is 2. The molecular formula is C23H20ClN3O3S. The van der Waals surface area contributed by atoms with Crippen molar-refractivity contribution in [3.8, 4) is 11.8 Å². The standard InChI is InChI=1S/C23H20ClN3O3S/c1-3-27-22(29)20(13-15-8-7-9-16(24)12-15)31-23(27)17(14-25)21(28)26-18-10-5-6-11-19(18)30-4-2/h5-13H,3-4H2,1-2H3,(H,26,28)/b20-13-,23-17-. The molecule has 31 heavy (non-hydrogen) atoms. The van der Waals surface area contributed by atoms with Crippen LogP contribution in [0.3, 0.4) is 0 Å². The molecule has 0 aliphatic carbocycles. The predicted molar refractivity (Wildman–Crippen MR) is 124 cm³/mol. The summed E-state index contributed by atoms with van der Waals surface area (Å²) in [6.07, 6.45) is 1.70. The lowest BCUT2D eigenvalue weighted by Crippen LogP contribution is -2.33. The van der Waals surface area contributed by atoms with Gasteiger partial charge in [0.05, 0.1) is 16.8 Å². The van der Waals surface area contributed by atoms with Gasteiger partial charge in [-0.05, 0) is 49.8 Å². The molecule has 1 N–H and O–H groups in total. The largest absolute Gasteiger partial charge is 0.492 e. The topological polar surface area (TPSA) is 84.1 Å². The van der Waals surface area contributed by atoms with Crippen molar-refractivity contribution in [1.82, 2.24) is 4.57 Å². The van der Waals surface area contributed by atoms with Crippen molar-refractivity contribution in [2.24, 2.45) is 0 Å². The van der Waals surface area contributed by atoms with Crippen LogP contribution < -0.4 is 24.8 Å². The Morgan fingerprint density at radius 2 is 2.03 bits per heavy atom. The summed E-state index contributed by atoms with van der Waals surface area (Å²) in [6.45, 7) is 4.39. The third-order valence-corrected chi connectivity index (χ3v) is 5.72. The van der Waals surface area contributed by atoms with E-state index in [2.05, 4.69) is 5.32 Å². The fourth-order valence-corrected chi connectivity index (χ4v) is 4.33. The lowest BCUT2D eigenvalue weighted by molar-refractivity contribution is -0.111. The van der Waals surface area contributed by atoms with E-state index in [0.29, 0.717) is 38.8 Å².